The number of benzene rings is 1. The predicted molar refractivity (Wildman–Crippen MR) is 158 cm³/mol. The number of likely N-dealkylation sites (tertiary alicyclic amines) is 1. The molecule has 1 aromatic heterocycles. The van der Waals surface area contributed by atoms with Gasteiger partial charge in [-0.25, -0.2) is 9.78 Å². The van der Waals surface area contributed by atoms with E-state index in [1.165, 1.54) is 49.3 Å². The van der Waals surface area contributed by atoms with Gasteiger partial charge in [-0.3, -0.25) is 19.5 Å². The van der Waals surface area contributed by atoms with Crippen LogP contribution in [-0.4, -0.2) is 86.4 Å². The molecule has 5 rings (SSSR count). The first-order chi connectivity index (χ1) is 19.6. The summed E-state index contributed by atoms with van der Waals surface area (Å²) in [6.07, 6.45) is 7.00. The Morgan fingerprint density at radius 1 is 1.22 bits per heavy atom. The van der Waals surface area contributed by atoms with E-state index >= 15 is 0 Å². The van der Waals surface area contributed by atoms with Crippen molar-refractivity contribution in [3.8, 4) is 0 Å². The van der Waals surface area contributed by atoms with Crippen LogP contribution in [0.4, 0.5) is 5.95 Å². The number of thioether (sulfide) groups is 1. The Labute approximate surface area is 244 Å². The van der Waals surface area contributed by atoms with Gasteiger partial charge in [-0.05, 0) is 51.3 Å². The second kappa shape index (κ2) is 12.1. The molecule has 0 spiro atoms. The molecule has 0 aliphatic carbocycles. The lowest BCUT2D eigenvalue weighted by Gasteiger charge is -2.49. The van der Waals surface area contributed by atoms with Crippen LogP contribution in [0.15, 0.2) is 34.5 Å². The average Bonchev–Trinajstić information content (AvgIpc) is 3.13. The van der Waals surface area contributed by atoms with Crippen LogP contribution < -0.4 is 5.32 Å². The minimum absolute atomic E-state index is 0.0700. The smallest absolute Gasteiger partial charge is 0.355 e. The van der Waals surface area contributed by atoms with Gasteiger partial charge in [0.15, 0.2) is 0 Å². The van der Waals surface area contributed by atoms with Crippen LogP contribution in [0.1, 0.15) is 58.9 Å². The first-order valence-corrected chi connectivity index (χ1v) is 15.2. The van der Waals surface area contributed by atoms with Crippen molar-refractivity contribution < 1.29 is 23.9 Å². The number of β-lactam (4-membered cyclic amide) rings is 1. The van der Waals surface area contributed by atoms with Gasteiger partial charge in [0.1, 0.15) is 29.3 Å². The number of imidazole rings is 1. The van der Waals surface area contributed by atoms with Crippen molar-refractivity contribution in [2.75, 3.05) is 30.8 Å². The molecule has 2 aromatic rings. The van der Waals surface area contributed by atoms with E-state index in [1.54, 1.807) is 20.8 Å². The van der Waals surface area contributed by atoms with E-state index in [4.69, 9.17) is 9.47 Å². The van der Waals surface area contributed by atoms with Crippen LogP contribution in [0, 0.1) is 0 Å². The minimum atomic E-state index is -0.742. The standard InChI is InChI=1S/C29H38N6O5S/c1-18(36)39-15-20-16-41-26-23(25(37)35(26)24(20)27(38)40-29(2,3)4)33-28-31-21-10-9-19(13-22(21)32-28)14-30-17-34-11-7-5-6-8-12-34/h9-10,13,17,23,26H,5-8,11-12,14-16H2,1-4H3,(H2,31,32,33)/t23?,26-/m0/s1. The highest BCUT2D eigenvalue weighted by atomic mass is 32.2. The Bertz CT molecular complexity index is 1370. The number of aliphatic imine (C=N–C) groups is 1. The molecule has 0 saturated carbocycles. The van der Waals surface area contributed by atoms with Crippen LogP contribution >= 0.6 is 11.8 Å². The van der Waals surface area contributed by atoms with Gasteiger partial charge in [-0.2, -0.15) is 0 Å². The van der Waals surface area contributed by atoms with Crippen LogP contribution in [0.2, 0.25) is 0 Å². The molecule has 12 heteroatoms. The molecule has 41 heavy (non-hydrogen) atoms. The Hall–Kier alpha value is -3.54. The fourth-order valence-electron chi connectivity index (χ4n) is 5.14. The molecule has 1 amide bonds. The van der Waals surface area contributed by atoms with Crippen LogP contribution in [0.3, 0.4) is 0 Å². The summed E-state index contributed by atoms with van der Waals surface area (Å²) in [5, 5.41) is 2.90. The zero-order chi connectivity index (χ0) is 29.1. The predicted octanol–water partition coefficient (Wildman–Crippen LogP) is 3.82. The number of hydrogen-bond acceptors (Lipinski definition) is 9. The number of carbonyl (C=O) groups excluding carboxylic acids is 3. The molecule has 2 N–H and O–H groups in total. The Balaban J connectivity index is 1.26. The third-order valence-electron chi connectivity index (χ3n) is 7.09. The third-order valence-corrected chi connectivity index (χ3v) is 8.43. The zero-order valence-corrected chi connectivity index (χ0v) is 24.9. The lowest BCUT2D eigenvalue weighted by Crippen LogP contribution is -2.68. The van der Waals surface area contributed by atoms with Crippen LogP contribution in [-0.2, 0) is 30.4 Å². The van der Waals surface area contributed by atoms with Crippen LogP contribution in [0.5, 0.6) is 0 Å². The van der Waals surface area contributed by atoms with Gasteiger partial charge in [-0.1, -0.05) is 18.9 Å². The molecule has 2 saturated heterocycles. The molecule has 3 aliphatic rings. The zero-order valence-electron chi connectivity index (χ0n) is 24.1. The summed E-state index contributed by atoms with van der Waals surface area (Å²) in [7, 11) is 0. The summed E-state index contributed by atoms with van der Waals surface area (Å²) in [5.41, 5.74) is 2.67. The molecule has 3 aliphatic heterocycles. The highest BCUT2D eigenvalue weighted by Crippen LogP contribution is 2.42. The summed E-state index contributed by atoms with van der Waals surface area (Å²) in [5.74, 6) is -0.424. The minimum Gasteiger partial charge on any atom is -0.461 e. The molecular weight excluding hydrogens is 544 g/mol. The first-order valence-electron chi connectivity index (χ1n) is 14.1. The Morgan fingerprint density at radius 3 is 2.68 bits per heavy atom. The average molecular weight is 583 g/mol. The first kappa shape index (κ1) is 29.0. The van der Waals surface area contributed by atoms with Crippen LogP contribution in [0.25, 0.3) is 11.0 Å². The third kappa shape index (κ3) is 6.86. The highest BCUT2D eigenvalue weighted by Gasteiger charge is 2.54. The maximum Gasteiger partial charge on any atom is 0.355 e. The maximum absolute atomic E-state index is 13.3. The van der Waals surface area contributed by atoms with Crippen molar-refractivity contribution in [3.63, 3.8) is 0 Å². The fraction of sp³-hybridized carbons (Fsp3) is 0.552. The van der Waals surface area contributed by atoms with E-state index in [-0.39, 0.29) is 23.6 Å². The van der Waals surface area contributed by atoms with E-state index in [2.05, 4.69) is 25.2 Å². The lowest BCUT2D eigenvalue weighted by molar-refractivity contribution is -0.157. The van der Waals surface area contributed by atoms with E-state index in [0.29, 0.717) is 23.8 Å². The SMILES string of the molecule is CC(=O)OCC1=C(C(=O)OC(C)(C)C)N2C(=O)C(Nc3nc4ccc(CN=CN5CCCCCC5)cc4[nH]3)[C@@H]2SC1. The molecule has 1 aromatic carbocycles. The van der Waals surface area contributed by atoms with Crippen molar-refractivity contribution in [1.29, 1.82) is 0 Å². The van der Waals surface area contributed by atoms with Gasteiger partial charge in [0.25, 0.3) is 5.91 Å². The number of aromatic nitrogens is 2. The number of H-pyrrole nitrogens is 1. The Kier molecular flexibility index (Phi) is 8.58. The molecule has 0 bridgehead atoms. The quantitative estimate of drug-likeness (QED) is 0.207. The van der Waals surface area contributed by atoms with Gasteiger partial charge in [0, 0.05) is 31.3 Å². The van der Waals surface area contributed by atoms with Crippen molar-refractivity contribution in [1.82, 2.24) is 19.8 Å². The van der Waals surface area contributed by atoms with E-state index in [0.717, 1.165) is 29.7 Å². The topological polar surface area (TPSA) is 129 Å². The summed E-state index contributed by atoms with van der Waals surface area (Å²) in [6, 6.07) is 5.42. The van der Waals surface area contributed by atoms with Crippen molar-refractivity contribution in [3.05, 3.63) is 35.0 Å². The number of esters is 2. The molecule has 0 radical (unpaired) electrons. The second-order valence-electron chi connectivity index (χ2n) is 11.6. The van der Waals surface area contributed by atoms with Gasteiger partial charge in [-0.15, -0.1) is 11.8 Å². The molecular formula is C29H38N6O5S. The number of nitrogens with zero attached hydrogens (tertiary/aromatic N) is 4. The van der Waals surface area contributed by atoms with Crippen molar-refractivity contribution in [2.45, 2.75) is 76.9 Å². The highest BCUT2D eigenvalue weighted by molar-refractivity contribution is 8.00. The number of aromatic amines is 1. The Morgan fingerprint density at radius 2 is 1.98 bits per heavy atom. The normalized spacial score (nSPS) is 21.5. The number of fused-ring (bicyclic) bond motifs is 2. The lowest BCUT2D eigenvalue weighted by atomic mass is 10.0. The number of carbonyl (C=O) groups is 3. The van der Waals surface area contributed by atoms with Gasteiger partial charge < -0.3 is 24.7 Å². The summed E-state index contributed by atoms with van der Waals surface area (Å²) in [4.78, 5) is 54.2. The summed E-state index contributed by atoms with van der Waals surface area (Å²) in [6.45, 7) is 9.26. The van der Waals surface area contributed by atoms with Crippen molar-refractivity contribution >= 4 is 52.9 Å². The molecule has 4 heterocycles. The largest absolute Gasteiger partial charge is 0.461 e. The number of anilines is 1. The maximum atomic E-state index is 13.3. The monoisotopic (exact) mass is 582 g/mol. The summed E-state index contributed by atoms with van der Waals surface area (Å²) < 4.78 is 10.8. The van der Waals surface area contributed by atoms with Gasteiger partial charge in [0.05, 0.1) is 23.9 Å². The van der Waals surface area contributed by atoms with Crippen molar-refractivity contribution in [2.24, 2.45) is 4.99 Å². The number of nitrogens with one attached hydrogen (secondary N) is 2. The number of ether oxygens (including phenoxy) is 2. The van der Waals surface area contributed by atoms with Gasteiger partial charge >= 0.3 is 11.9 Å². The fourth-order valence-corrected chi connectivity index (χ4v) is 6.47. The number of amides is 1. The number of hydrogen-bond donors (Lipinski definition) is 2. The molecule has 1 unspecified atom stereocenters. The number of rotatable bonds is 8. The second-order valence-corrected chi connectivity index (χ2v) is 12.7. The van der Waals surface area contributed by atoms with E-state index in [9.17, 15) is 14.4 Å². The molecule has 11 nitrogen and oxygen atoms in total. The van der Waals surface area contributed by atoms with E-state index in [1.807, 2.05) is 24.5 Å². The molecule has 220 valence electrons. The van der Waals surface area contributed by atoms with E-state index < -0.39 is 23.6 Å². The van der Waals surface area contributed by atoms with Gasteiger partial charge in [0.2, 0.25) is 5.95 Å². The molecule has 2 atom stereocenters. The summed E-state index contributed by atoms with van der Waals surface area (Å²) >= 11 is 1.50. The molecule has 2 fully saturated rings.